The Morgan fingerprint density at radius 3 is 2.44 bits per heavy atom. The highest BCUT2D eigenvalue weighted by Crippen LogP contribution is 2.19. The molecule has 0 aliphatic carbocycles. The molecule has 1 unspecified atom stereocenters. The van der Waals surface area contributed by atoms with Crippen molar-refractivity contribution in [3.8, 4) is 0 Å². The first-order valence-corrected chi connectivity index (χ1v) is 7.27. The second-order valence-corrected chi connectivity index (χ2v) is 6.26. The number of rotatable bonds is 5. The van der Waals surface area contributed by atoms with Crippen molar-refractivity contribution in [3.05, 3.63) is 29.6 Å². The molecule has 0 aliphatic rings. The van der Waals surface area contributed by atoms with Crippen molar-refractivity contribution in [2.24, 2.45) is 11.7 Å². The minimum atomic E-state index is -3.74. The second kappa shape index (κ2) is 5.77. The number of nitrogens with two attached hydrogens (primary N) is 1. The van der Waals surface area contributed by atoms with Gasteiger partial charge in [-0.1, -0.05) is 19.9 Å². The maximum absolute atomic E-state index is 13.5. The molecule has 1 aromatic carbocycles. The molecule has 0 radical (unpaired) electrons. The van der Waals surface area contributed by atoms with Crippen molar-refractivity contribution in [1.29, 1.82) is 0 Å². The summed E-state index contributed by atoms with van der Waals surface area (Å²) in [7, 11) is -3.74. The van der Waals surface area contributed by atoms with Crippen LogP contribution in [0.4, 0.5) is 4.39 Å². The van der Waals surface area contributed by atoms with E-state index in [4.69, 9.17) is 5.73 Å². The molecular weight excluding hydrogens is 255 g/mol. The van der Waals surface area contributed by atoms with E-state index in [0.717, 1.165) is 0 Å². The molecule has 0 saturated carbocycles. The molecule has 102 valence electrons. The zero-order valence-corrected chi connectivity index (χ0v) is 11.6. The molecular formula is C12H19FN2O2S. The Balaban J connectivity index is 3.17. The number of hydrogen-bond acceptors (Lipinski definition) is 3. The van der Waals surface area contributed by atoms with Gasteiger partial charge in [-0.2, -0.15) is 0 Å². The van der Waals surface area contributed by atoms with Crippen molar-refractivity contribution in [2.45, 2.75) is 38.3 Å². The fraction of sp³-hybridized carbons (Fsp3) is 0.500. The summed E-state index contributed by atoms with van der Waals surface area (Å²) in [6.07, 6.45) is 0. The van der Waals surface area contributed by atoms with E-state index < -0.39 is 15.8 Å². The topological polar surface area (TPSA) is 72.2 Å². The molecule has 6 heteroatoms. The van der Waals surface area contributed by atoms with Gasteiger partial charge in [0.15, 0.2) is 0 Å². The molecule has 4 nitrogen and oxygen atoms in total. The van der Waals surface area contributed by atoms with Crippen molar-refractivity contribution < 1.29 is 12.8 Å². The van der Waals surface area contributed by atoms with E-state index in [-0.39, 0.29) is 29.0 Å². The van der Waals surface area contributed by atoms with Gasteiger partial charge < -0.3 is 5.73 Å². The van der Waals surface area contributed by atoms with E-state index in [1.165, 1.54) is 18.2 Å². The van der Waals surface area contributed by atoms with Crippen LogP contribution in [0.1, 0.15) is 26.3 Å². The molecule has 1 rings (SSSR count). The Bertz CT molecular complexity index is 515. The van der Waals surface area contributed by atoms with Crippen molar-refractivity contribution in [1.82, 2.24) is 4.72 Å². The lowest BCUT2D eigenvalue weighted by molar-refractivity contribution is 0.475. The van der Waals surface area contributed by atoms with Gasteiger partial charge in [0.05, 0.1) is 4.90 Å². The van der Waals surface area contributed by atoms with Gasteiger partial charge in [0.2, 0.25) is 10.0 Å². The first kappa shape index (κ1) is 15.1. The molecule has 0 bridgehead atoms. The molecule has 0 heterocycles. The van der Waals surface area contributed by atoms with Crippen LogP contribution in [0.25, 0.3) is 0 Å². The molecule has 3 N–H and O–H groups in total. The number of hydrogen-bond donors (Lipinski definition) is 2. The van der Waals surface area contributed by atoms with E-state index in [0.29, 0.717) is 0 Å². The molecule has 0 aromatic heterocycles. The summed E-state index contributed by atoms with van der Waals surface area (Å²) in [6, 6.07) is 3.69. The summed E-state index contributed by atoms with van der Waals surface area (Å²) >= 11 is 0. The first-order chi connectivity index (χ1) is 8.29. The van der Waals surface area contributed by atoms with E-state index in [1.807, 2.05) is 13.8 Å². The fourth-order valence-corrected chi connectivity index (χ4v) is 3.08. The molecule has 0 aliphatic heterocycles. The number of nitrogens with one attached hydrogen (secondary N) is 1. The van der Waals surface area contributed by atoms with Gasteiger partial charge >= 0.3 is 0 Å². The molecule has 0 spiro atoms. The van der Waals surface area contributed by atoms with Crippen molar-refractivity contribution in [2.75, 3.05) is 0 Å². The van der Waals surface area contributed by atoms with Gasteiger partial charge in [-0.3, -0.25) is 0 Å². The third-order valence-corrected chi connectivity index (χ3v) is 4.55. The summed E-state index contributed by atoms with van der Waals surface area (Å²) in [6.45, 7) is 5.42. The molecule has 1 atom stereocenters. The molecule has 0 amide bonds. The summed E-state index contributed by atoms with van der Waals surface area (Å²) in [5, 5.41) is 0. The van der Waals surface area contributed by atoms with Crippen LogP contribution >= 0.6 is 0 Å². The summed E-state index contributed by atoms with van der Waals surface area (Å²) in [5.41, 5.74) is 5.42. The smallest absolute Gasteiger partial charge is 0.241 e. The van der Waals surface area contributed by atoms with E-state index in [1.54, 1.807) is 6.92 Å². The van der Waals surface area contributed by atoms with E-state index in [2.05, 4.69) is 4.72 Å². The summed E-state index contributed by atoms with van der Waals surface area (Å²) < 4.78 is 40.3. The first-order valence-electron chi connectivity index (χ1n) is 5.79. The predicted octanol–water partition coefficient (Wildman–Crippen LogP) is 1.61. The van der Waals surface area contributed by atoms with Crippen molar-refractivity contribution in [3.63, 3.8) is 0 Å². The highest BCUT2D eigenvalue weighted by atomic mass is 32.2. The predicted molar refractivity (Wildman–Crippen MR) is 68.9 cm³/mol. The number of sulfonamides is 1. The zero-order chi connectivity index (χ0) is 13.9. The molecule has 1 aromatic rings. The Morgan fingerprint density at radius 2 is 1.94 bits per heavy atom. The molecule has 18 heavy (non-hydrogen) atoms. The third-order valence-electron chi connectivity index (χ3n) is 2.91. The van der Waals surface area contributed by atoms with Gasteiger partial charge in [-0.05, 0) is 25.0 Å². The Hall–Kier alpha value is -0.980. The van der Waals surface area contributed by atoms with Gasteiger partial charge in [0.25, 0.3) is 0 Å². The average Bonchev–Trinajstić information content (AvgIpc) is 2.27. The zero-order valence-electron chi connectivity index (χ0n) is 10.8. The van der Waals surface area contributed by atoms with Gasteiger partial charge in [-0.15, -0.1) is 0 Å². The van der Waals surface area contributed by atoms with Crippen LogP contribution < -0.4 is 10.5 Å². The van der Waals surface area contributed by atoms with E-state index in [9.17, 15) is 12.8 Å². The van der Waals surface area contributed by atoms with Crippen molar-refractivity contribution >= 4 is 10.0 Å². The Kier molecular flexibility index (Phi) is 4.84. The quantitative estimate of drug-likeness (QED) is 0.856. The SMILES string of the molecule is CC(C)C(C)NS(=O)(=O)c1cccc(F)c1CN. The van der Waals surface area contributed by atoms with Crippen LogP contribution in [-0.2, 0) is 16.6 Å². The van der Waals surface area contributed by atoms with Crippen LogP contribution in [0.15, 0.2) is 23.1 Å². The monoisotopic (exact) mass is 274 g/mol. The number of benzene rings is 1. The highest BCUT2D eigenvalue weighted by molar-refractivity contribution is 7.89. The van der Waals surface area contributed by atoms with Crippen LogP contribution in [0.2, 0.25) is 0 Å². The molecule has 0 fully saturated rings. The standard InChI is InChI=1S/C12H19FN2O2S/c1-8(2)9(3)15-18(16,17)12-6-4-5-11(13)10(12)7-14/h4-6,8-9,15H,7,14H2,1-3H3. The maximum Gasteiger partial charge on any atom is 0.241 e. The average molecular weight is 274 g/mol. The van der Waals surface area contributed by atoms with Crippen LogP contribution in [0, 0.1) is 11.7 Å². The lowest BCUT2D eigenvalue weighted by Gasteiger charge is -2.18. The maximum atomic E-state index is 13.5. The second-order valence-electron chi connectivity index (χ2n) is 4.57. The van der Waals surface area contributed by atoms with Gasteiger partial charge in [0, 0.05) is 18.2 Å². The highest BCUT2D eigenvalue weighted by Gasteiger charge is 2.23. The van der Waals surface area contributed by atoms with Crippen LogP contribution in [0.3, 0.4) is 0 Å². The number of halogens is 1. The minimum Gasteiger partial charge on any atom is -0.326 e. The molecule has 0 saturated heterocycles. The minimum absolute atomic E-state index is 0.0148. The Labute approximate surface area is 107 Å². The van der Waals surface area contributed by atoms with Gasteiger partial charge in [0.1, 0.15) is 5.82 Å². The normalized spacial score (nSPS) is 13.9. The van der Waals surface area contributed by atoms with Crippen LogP contribution in [-0.4, -0.2) is 14.5 Å². The Morgan fingerprint density at radius 1 is 1.33 bits per heavy atom. The summed E-state index contributed by atoms with van der Waals surface area (Å²) in [4.78, 5) is -0.0856. The lowest BCUT2D eigenvalue weighted by Crippen LogP contribution is -2.36. The third kappa shape index (κ3) is 3.28. The lowest BCUT2D eigenvalue weighted by atomic mass is 10.1. The fourth-order valence-electron chi connectivity index (χ4n) is 1.43. The van der Waals surface area contributed by atoms with E-state index >= 15 is 0 Å². The van der Waals surface area contributed by atoms with Crippen LogP contribution in [0.5, 0.6) is 0 Å². The largest absolute Gasteiger partial charge is 0.326 e. The summed E-state index contributed by atoms with van der Waals surface area (Å²) in [5.74, 6) is -0.452. The van der Waals surface area contributed by atoms with Gasteiger partial charge in [-0.25, -0.2) is 17.5 Å².